The Kier molecular flexibility index (Phi) is 9.00. The Morgan fingerprint density at radius 2 is 1.82 bits per heavy atom. The van der Waals surface area contributed by atoms with Gasteiger partial charge in [-0.1, -0.05) is 36.4 Å². The summed E-state index contributed by atoms with van der Waals surface area (Å²) in [6.45, 7) is 17.1. The van der Waals surface area contributed by atoms with Crippen molar-refractivity contribution in [1.82, 2.24) is 4.90 Å². The predicted molar refractivity (Wildman–Crippen MR) is 113 cm³/mol. The molecule has 1 saturated carbocycles. The molecule has 1 aliphatic heterocycles. The van der Waals surface area contributed by atoms with E-state index in [0.717, 1.165) is 23.7 Å². The topological polar surface area (TPSA) is 65.1 Å². The van der Waals surface area contributed by atoms with Gasteiger partial charge in [0, 0.05) is 6.54 Å². The van der Waals surface area contributed by atoms with Crippen LogP contribution in [0.15, 0.2) is 11.1 Å². The van der Waals surface area contributed by atoms with E-state index in [0.29, 0.717) is 32.7 Å². The molecule has 28 heavy (non-hydrogen) atoms. The molecule has 2 fully saturated rings. The number of ether oxygens (including phenoxy) is 3. The van der Waals surface area contributed by atoms with E-state index in [2.05, 4.69) is 36.4 Å². The van der Waals surface area contributed by atoms with Gasteiger partial charge in [-0.2, -0.15) is 0 Å². The number of hydrogen-bond donors (Lipinski definition) is 0. The molecule has 1 amide bonds. The van der Waals surface area contributed by atoms with Gasteiger partial charge in [0.25, 0.3) is 0 Å². The minimum atomic E-state index is -0.499. The summed E-state index contributed by atoms with van der Waals surface area (Å²) in [6, 6.07) is 0. The average Bonchev–Trinajstić information content (AvgIpc) is 2.52. The molecule has 1 heterocycles. The number of amides is 1. The highest BCUT2D eigenvalue weighted by Gasteiger charge is 2.56. The van der Waals surface area contributed by atoms with Crippen LogP contribution < -0.4 is 0 Å². The normalized spacial score (nSPS) is 26.6. The van der Waals surface area contributed by atoms with E-state index in [1.54, 1.807) is 4.90 Å². The van der Waals surface area contributed by atoms with Crippen LogP contribution in [0.1, 0.15) is 67.2 Å². The van der Waals surface area contributed by atoms with Crippen LogP contribution in [0.4, 0.5) is 4.79 Å². The first-order valence-electron chi connectivity index (χ1n) is 9.94. The Morgan fingerprint density at radius 3 is 2.29 bits per heavy atom. The summed E-state index contributed by atoms with van der Waals surface area (Å²) in [4.78, 5) is 25.7. The van der Waals surface area contributed by atoms with Crippen LogP contribution in [-0.4, -0.2) is 54.5 Å². The number of allylic oxidation sites excluding steroid dienone is 1. The van der Waals surface area contributed by atoms with Gasteiger partial charge in [0.05, 0.1) is 31.8 Å². The van der Waals surface area contributed by atoms with Gasteiger partial charge in [-0.3, -0.25) is 4.79 Å². The summed E-state index contributed by atoms with van der Waals surface area (Å²) in [5, 5.41) is 0. The quantitative estimate of drug-likeness (QED) is 0.547. The number of esters is 1. The molecule has 2 rings (SSSR count). The third kappa shape index (κ3) is 8.11. The Balaban J connectivity index is 0.000000696. The van der Waals surface area contributed by atoms with E-state index >= 15 is 0 Å². The van der Waals surface area contributed by atoms with Crippen molar-refractivity contribution >= 4 is 28.0 Å². The van der Waals surface area contributed by atoms with E-state index in [9.17, 15) is 9.59 Å². The first kappa shape index (κ1) is 25.0. The molecule has 162 valence electrons. The Hall–Kier alpha value is -1.08. The first-order chi connectivity index (χ1) is 12.8. The zero-order valence-electron chi connectivity index (χ0n) is 18.2. The van der Waals surface area contributed by atoms with Crippen LogP contribution in [0.5, 0.6) is 0 Å². The van der Waals surface area contributed by atoms with Crippen LogP contribution in [-0.2, 0) is 19.0 Å². The van der Waals surface area contributed by atoms with Crippen LogP contribution in [0.2, 0.25) is 0 Å². The second-order valence-corrected chi connectivity index (χ2v) is 10.1. The maximum Gasteiger partial charge on any atom is 0.410 e. The second kappa shape index (κ2) is 10.1. The number of morpholine rings is 1. The van der Waals surface area contributed by atoms with E-state index in [-0.39, 0.29) is 23.1 Å². The number of carbonyl (C=O) groups is 2. The van der Waals surface area contributed by atoms with Crippen LogP contribution >= 0.6 is 15.9 Å². The summed E-state index contributed by atoms with van der Waals surface area (Å²) < 4.78 is 17.5. The zero-order chi connectivity index (χ0) is 21.6. The molecule has 7 heteroatoms. The fraction of sp³-hybridized carbons (Fsp3) is 0.810. The molecular formula is C21H36BrNO5. The van der Waals surface area contributed by atoms with Crippen molar-refractivity contribution in [1.29, 1.82) is 0 Å². The molecular weight excluding hydrogens is 426 g/mol. The highest BCUT2D eigenvalue weighted by Crippen LogP contribution is 2.53. The fourth-order valence-electron chi connectivity index (χ4n) is 3.73. The van der Waals surface area contributed by atoms with E-state index < -0.39 is 5.60 Å². The molecule has 0 radical (unpaired) electrons. The molecule has 0 bridgehead atoms. The molecule has 1 saturated heterocycles. The monoisotopic (exact) mass is 461 g/mol. The highest BCUT2D eigenvalue weighted by atomic mass is 79.9. The summed E-state index contributed by atoms with van der Waals surface area (Å²) in [5.74, 6) is -0.162. The van der Waals surface area contributed by atoms with Gasteiger partial charge in [-0.25, -0.2) is 4.79 Å². The van der Waals surface area contributed by atoms with Crippen molar-refractivity contribution in [3.63, 3.8) is 0 Å². The van der Waals surface area contributed by atoms with Gasteiger partial charge >= 0.3 is 12.1 Å². The van der Waals surface area contributed by atoms with Gasteiger partial charge in [-0.15, -0.1) is 0 Å². The van der Waals surface area contributed by atoms with Crippen molar-refractivity contribution in [3.05, 3.63) is 11.1 Å². The number of rotatable bonds is 4. The zero-order valence-corrected chi connectivity index (χ0v) is 19.8. The molecule has 0 aromatic heterocycles. The van der Waals surface area contributed by atoms with Crippen molar-refractivity contribution in [2.24, 2.45) is 5.41 Å². The maximum absolute atomic E-state index is 12.2. The standard InChI is InChI=1S/C17H29NO5.C4H7Br/c1-6-21-13(19)9-16(5)10-17(11-16)12-18(7-8-22-17)14(20)23-15(2,3)4;1-3-4(2)5/h6-12H2,1-5H3;2-3H2,1H3. The lowest BCUT2D eigenvalue weighted by atomic mass is 9.58. The Bertz CT molecular complexity index is 564. The molecule has 0 aromatic carbocycles. The van der Waals surface area contributed by atoms with Gasteiger partial charge in [0.15, 0.2) is 0 Å². The molecule has 0 aromatic rings. The van der Waals surface area contributed by atoms with Crippen molar-refractivity contribution < 1.29 is 23.8 Å². The molecule has 2 aliphatic rings. The fourth-order valence-corrected chi connectivity index (χ4v) is 3.73. The summed E-state index contributed by atoms with van der Waals surface area (Å²) in [7, 11) is 0. The summed E-state index contributed by atoms with van der Waals surface area (Å²) in [5.41, 5.74) is -0.944. The number of nitrogens with zero attached hydrogens (tertiary/aromatic N) is 1. The van der Waals surface area contributed by atoms with Crippen molar-refractivity contribution in [3.8, 4) is 0 Å². The smallest absolute Gasteiger partial charge is 0.410 e. The van der Waals surface area contributed by atoms with Crippen molar-refractivity contribution in [2.45, 2.75) is 78.4 Å². The Morgan fingerprint density at radius 1 is 1.25 bits per heavy atom. The van der Waals surface area contributed by atoms with Gasteiger partial charge < -0.3 is 19.1 Å². The third-order valence-corrected chi connectivity index (χ3v) is 5.22. The minimum Gasteiger partial charge on any atom is -0.466 e. The maximum atomic E-state index is 12.2. The molecule has 1 spiro atoms. The average molecular weight is 462 g/mol. The Labute approximate surface area is 178 Å². The predicted octanol–water partition coefficient (Wildman–Crippen LogP) is 5.05. The third-order valence-electron chi connectivity index (χ3n) is 4.66. The lowest BCUT2D eigenvalue weighted by Crippen LogP contribution is -2.63. The van der Waals surface area contributed by atoms with Crippen LogP contribution in [0.25, 0.3) is 0 Å². The van der Waals surface area contributed by atoms with Crippen LogP contribution in [0, 0.1) is 5.41 Å². The molecule has 1 aliphatic carbocycles. The van der Waals surface area contributed by atoms with Gasteiger partial charge in [0.1, 0.15) is 5.60 Å². The largest absolute Gasteiger partial charge is 0.466 e. The number of carbonyl (C=O) groups excluding carboxylic acids is 2. The number of halogens is 1. The van der Waals surface area contributed by atoms with Gasteiger partial charge in [-0.05, 0) is 56.9 Å². The number of hydrogen-bond acceptors (Lipinski definition) is 5. The minimum absolute atomic E-state index is 0.108. The van der Waals surface area contributed by atoms with Crippen molar-refractivity contribution in [2.75, 3.05) is 26.3 Å². The van der Waals surface area contributed by atoms with Crippen LogP contribution in [0.3, 0.4) is 0 Å². The second-order valence-electron chi connectivity index (χ2n) is 8.95. The van der Waals surface area contributed by atoms with Gasteiger partial charge in [0.2, 0.25) is 0 Å². The summed E-state index contributed by atoms with van der Waals surface area (Å²) in [6.07, 6.45) is 2.66. The molecule has 0 unspecified atom stereocenters. The SMILES string of the molecule is C=C(Br)CC.CCOC(=O)CC1(C)CC2(CN(C(=O)OC(C)(C)C)CCO2)C1. The molecule has 0 N–H and O–H groups in total. The van der Waals surface area contributed by atoms with E-state index in [4.69, 9.17) is 14.2 Å². The molecule has 0 atom stereocenters. The summed E-state index contributed by atoms with van der Waals surface area (Å²) >= 11 is 3.18. The van der Waals surface area contributed by atoms with E-state index in [1.165, 1.54) is 0 Å². The molecule has 6 nitrogen and oxygen atoms in total. The highest BCUT2D eigenvalue weighted by molar-refractivity contribution is 9.11. The first-order valence-corrected chi connectivity index (χ1v) is 10.7. The lowest BCUT2D eigenvalue weighted by molar-refractivity contribution is -0.202. The lowest BCUT2D eigenvalue weighted by Gasteiger charge is -2.57. The van der Waals surface area contributed by atoms with E-state index in [1.807, 2.05) is 27.7 Å².